The lowest BCUT2D eigenvalue weighted by molar-refractivity contribution is -0.115. The van der Waals surface area contributed by atoms with E-state index in [2.05, 4.69) is 29.2 Å². The molecule has 28 heavy (non-hydrogen) atoms. The van der Waals surface area contributed by atoms with Gasteiger partial charge >= 0.3 is 0 Å². The molecular formula is C20H25N5OS2. The van der Waals surface area contributed by atoms with Crippen molar-refractivity contribution in [3.05, 3.63) is 28.5 Å². The average molecular weight is 416 g/mol. The van der Waals surface area contributed by atoms with Gasteiger partial charge in [0.25, 0.3) is 0 Å². The third-order valence-electron chi connectivity index (χ3n) is 5.23. The van der Waals surface area contributed by atoms with Crippen molar-refractivity contribution in [1.82, 2.24) is 19.7 Å². The molecule has 1 aliphatic carbocycles. The Morgan fingerprint density at radius 3 is 2.96 bits per heavy atom. The summed E-state index contributed by atoms with van der Waals surface area (Å²) in [6, 6.07) is 2.09. The number of amides is 1. The molecule has 0 aromatic carbocycles. The van der Waals surface area contributed by atoms with Gasteiger partial charge in [0.15, 0.2) is 0 Å². The van der Waals surface area contributed by atoms with E-state index in [0.717, 1.165) is 46.1 Å². The molecule has 0 fully saturated rings. The first-order valence-corrected chi connectivity index (χ1v) is 11.5. The summed E-state index contributed by atoms with van der Waals surface area (Å²) in [5.74, 6) is 1.47. The van der Waals surface area contributed by atoms with E-state index in [9.17, 15) is 4.79 Å². The van der Waals surface area contributed by atoms with Crippen LogP contribution in [-0.4, -0.2) is 30.9 Å². The molecule has 8 heteroatoms. The van der Waals surface area contributed by atoms with Crippen LogP contribution < -0.4 is 5.32 Å². The Morgan fingerprint density at radius 1 is 1.36 bits per heavy atom. The fourth-order valence-electron chi connectivity index (χ4n) is 3.54. The number of rotatable bonds is 6. The van der Waals surface area contributed by atoms with Crippen LogP contribution in [0.5, 0.6) is 0 Å². The van der Waals surface area contributed by atoms with Gasteiger partial charge in [-0.05, 0) is 52.0 Å². The van der Waals surface area contributed by atoms with E-state index < -0.39 is 0 Å². The number of hydrogen-bond donors (Lipinski definition) is 1. The predicted octanol–water partition coefficient (Wildman–Crippen LogP) is 4.78. The summed E-state index contributed by atoms with van der Waals surface area (Å²) < 4.78 is 1.87. The Bertz CT molecular complexity index is 1030. The van der Waals surface area contributed by atoms with Crippen LogP contribution in [0.15, 0.2) is 17.3 Å². The topological polar surface area (TPSA) is 72.7 Å². The van der Waals surface area contributed by atoms with Crippen molar-refractivity contribution in [3.63, 3.8) is 0 Å². The summed E-state index contributed by atoms with van der Waals surface area (Å²) in [4.78, 5) is 24.7. The van der Waals surface area contributed by atoms with Crippen molar-refractivity contribution in [2.75, 3.05) is 5.32 Å². The number of nitrogens with zero attached hydrogens (tertiary/aromatic N) is 4. The normalized spacial score (nSPS) is 15.6. The SMILES string of the molecule is CC[C@@H](C)n1nccc1NC(=O)[C@H](C)Sc1nc(C)nc2sc3c(c12)CCC3. The fraction of sp³-hybridized carbons (Fsp3) is 0.500. The molecule has 2 atom stereocenters. The Labute approximate surface area is 173 Å². The maximum atomic E-state index is 12.9. The number of hydrogen-bond acceptors (Lipinski definition) is 6. The molecule has 0 radical (unpaired) electrons. The number of aromatic nitrogens is 4. The van der Waals surface area contributed by atoms with Gasteiger partial charge in [-0.25, -0.2) is 14.6 Å². The van der Waals surface area contributed by atoms with Crippen LogP contribution in [0.4, 0.5) is 5.82 Å². The van der Waals surface area contributed by atoms with E-state index >= 15 is 0 Å². The molecule has 0 saturated carbocycles. The highest BCUT2D eigenvalue weighted by atomic mass is 32.2. The second kappa shape index (κ2) is 7.83. The highest BCUT2D eigenvalue weighted by Gasteiger charge is 2.25. The van der Waals surface area contributed by atoms with Gasteiger partial charge in [-0.15, -0.1) is 11.3 Å². The first-order valence-electron chi connectivity index (χ1n) is 9.77. The van der Waals surface area contributed by atoms with E-state index in [0.29, 0.717) is 0 Å². The number of nitrogens with one attached hydrogen (secondary N) is 1. The predicted molar refractivity (Wildman–Crippen MR) is 115 cm³/mol. The maximum Gasteiger partial charge on any atom is 0.238 e. The van der Waals surface area contributed by atoms with E-state index in [1.165, 1.54) is 28.6 Å². The first kappa shape index (κ1) is 19.4. The number of thiophene rings is 1. The summed E-state index contributed by atoms with van der Waals surface area (Å²) in [5.41, 5.74) is 1.39. The highest BCUT2D eigenvalue weighted by Crippen LogP contribution is 2.41. The Balaban J connectivity index is 1.56. The molecule has 0 aliphatic heterocycles. The summed E-state index contributed by atoms with van der Waals surface area (Å²) in [6.45, 7) is 8.06. The van der Waals surface area contributed by atoms with E-state index in [1.807, 2.05) is 24.6 Å². The molecule has 3 heterocycles. The largest absolute Gasteiger partial charge is 0.310 e. The van der Waals surface area contributed by atoms with Crippen molar-refractivity contribution >= 4 is 45.0 Å². The van der Waals surface area contributed by atoms with Gasteiger partial charge in [0.1, 0.15) is 21.5 Å². The van der Waals surface area contributed by atoms with Crippen molar-refractivity contribution < 1.29 is 4.79 Å². The fourth-order valence-corrected chi connectivity index (χ4v) is 5.93. The third kappa shape index (κ3) is 3.55. The molecule has 148 valence electrons. The molecular weight excluding hydrogens is 390 g/mol. The molecule has 6 nitrogen and oxygen atoms in total. The van der Waals surface area contributed by atoms with Crippen LogP contribution in [0.3, 0.4) is 0 Å². The highest BCUT2D eigenvalue weighted by molar-refractivity contribution is 8.00. The number of thioether (sulfide) groups is 1. The van der Waals surface area contributed by atoms with Crippen LogP contribution in [0, 0.1) is 6.92 Å². The quantitative estimate of drug-likeness (QED) is 0.463. The molecule has 0 unspecified atom stereocenters. The smallest absolute Gasteiger partial charge is 0.238 e. The summed E-state index contributed by atoms with van der Waals surface area (Å²) >= 11 is 3.31. The van der Waals surface area contributed by atoms with E-state index in [4.69, 9.17) is 4.98 Å². The number of anilines is 1. The van der Waals surface area contributed by atoms with Crippen LogP contribution in [0.1, 0.15) is 55.9 Å². The molecule has 3 aromatic rings. The van der Waals surface area contributed by atoms with Gasteiger partial charge in [-0.2, -0.15) is 5.10 Å². The van der Waals surface area contributed by atoms with Gasteiger partial charge in [0, 0.05) is 16.3 Å². The van der Waals surface area contributed by atoms with Gasteiger partial charge in [0.2, 0.25) is 5.91 Å². The third-order valence-corrected chi connectivity index (χ3v) is 7.50. The molecule has 0 spiro atoms. The summed E-state index contributed by atoms with van der Waals surface area (Å²) in [6.07, 6.45) is 6.10. The minimum Gasteiger partial charge on any atom is -0.310 e. The zero-order valence-electron chi connectivity index (χ0n) is 16.7. The Hall–Kier alpha value is -1.93. The van der Waals surface area contributed by atoms with Crippen molar-refractivity contribution in [2.45, 2.75) is 69.7 Å². The van der Waals surface area contributed by atoms with Gasteiger partial charge in [-0.1, -0.05) is 18.7 Å². The second-order valence-electron chi connectivity index (χ2n) is 7.28. The molecule has 1 N–H and O–H groups in total. The summed E-state index contributed by atoms with van der Waals surface area (Å²) in [7, 11) is 0. The Kier molecular flexibility index (Phi) is 5.42. The molecule has 0 saturated heterocycles. The zero-order chi connectivity index (χ0) is 19.8. The van der Waals surface area contributed by atoms with Crippen LogP contribution >= 0.6 is 23.1 Å². The minimum absolute atomic E-state index is 0.0358. The molecule has 4 rings (SSSR count). The standard InChI is InChI=1S/C20H25N5OS2/c1-5-11(2)25-16(9-10-21-25)24-18(26)12(3)27-19-17-14-7-6-8-15(14)28-20(17)23-13(4)22-19/h9-12H,5-8H2,1-4H3,(H,24,26)/t11-,12+/m1/s1. The molecule has 3 aromatic heterocycles. The minimum atomic E-state index is -0.269. The van der Waals surface area contributed by atoms with E-state index in [1.54, 1.807) is 17.5 Å². The van der Waals surface area contributed by atoms with Crippen LogP contribution in [-0.2, 0) is 17.6 Å². The lowest BCUT2D eigenvalue weighted by Gasteiger charge is -2.16. The van der Waals surface area contributed by atoms with Crippen molar-refractivity contribution in [2.24, 2.45) is 0 Å². The number of carbonyl (C=O) groups is 1. The van der Waals surface area contributed by atoms with Crippen LogP contribution in [0.2, 0.25) is 0 Å². The van der Waals surface area contributed by atoms with E-state index in [-0.39, 0.29) is 17.2 Å². The summed E-state index contributed by atoms with van der Waals surface area (Å²) in [5, 5.41) is 9.20. The van der Waals surface area contributed by atoms with Crippen molar-refractivity contribution in [3.8, 4) is 0 Å². The number of carbonyl (C=O) groups excluding carboxylic acids is 1. The maximum absolute atomic E-state index is 12.9. The zero-order valence-corrected chi connectivity index (χ0v) is 18.3. The van der Waals surface area contributed by atoms with Gasteiger partial charge in [-0.3, -0.25) is 4.79 Å². The monoisotopic (exact) mass is 415 g/mol. The lowest BCUT2D eigenvalue weighted by atomic mass is 10.2. The molecule has 0 bridgehead atoms. The molecule has 1 amide bonds. The second-order valence-corrected chi connectivity index (χ2v) is 9.69. The van der Waals surface area contributed by atoms with Gasteiger partial charge < -0.3 is 5.32 Å². The first-order chi connectivity index (χ1) is 13.5. The lowest BCUT2D eigenvalue weighted by Crippen LogP contribution is -2.25. The van der Waals surface area contributed by atoms with Crippen molar-refractivity contribution in [1.29, 1.82) is 0 Å². The Morgan fingerprint density at radius 2 is 2.18 bits per heavy atom. The molecule has 1 aliphatic rings. The van der Waals surface area contributed by atoms with Gasteiger partial charge in [0.05, 0.1) is 17.5 Å². The van der Waals surface area contributed by atoms with Crippen LogP contribution in [0.25, 0.3) is 10.2 Å². The number of aryl methyl sites for hydroxylation is 3. The number of fused-ring (bicyclic) bond motifs is 3. The average Bonchev–Trinajstić information content (AvgIpc) is 3.36.